The number of nitrogens with two attached hydrogens (primary N) is 2. The van der Waals surface area contributed by atoms with Gasteiger partial charge in [-0.1, -0.05) is 54.6 Å². The maximum Gasteiger partial charge on any atom is 0.219 e. The summed E-state index contributed by atoms with van der Waals surface area (Å²) in [6.07, 6.45) is 6.32. The first-order valence-electron chi connectivity index (χ1n) is 11.5. The van der Waals surface area contributed by atoms with Crippen molar-refractivity contribution in [1.29, 1.82) is 0 Å². The third kappa shape index (κ3) is 4.20. The van der Waals surface area contributed by atoms with Gasteiger partial charge in [0, 0.05) is 35.3 Å². The molecule has 1 fully saturated rings. The highest BCUT2D eigenvalue weighted by molar-refractivity contribution is 7.25. The molecule has 3 aromatic heterocycles. The molecule has 5 aromatic rings. The molecule has 36 heavy (non-hydrogen) atoms. The SMILES string of the molecule is C[C@]1(O)C[C@](N)(c2ccc(-c3nc(-c4cnc(-c5cnc(N)nc5)s4)sc3-c3ccccc3)cc2)C1. The third-order valence-electron chi connectivity index (χ3n) is 6.42. The van der Waals surface area contributed by atoms with Gasteiger partial charge in [-0.25, -0.2) is 19.9 Å². The zero-order valence-electron chi connectivity index (χ0n) is 19.5. The second-order valence-corrected chi connectivity index (χ2v) is 11.5. The van der Waals surface area contributed by atoms with E-state index in [1.807, 2.05) is 31.3 Å². The van der Waals surface area contributed by atoms with E-state index in [4.69, 9.17) is 16.5 Å². The Morgan fingerprint density at radius 3 is 2.17 bits per heavy atom. The van der Waals surface area contributed by atoms with Gasteiger partial charge in [-0.2, -0.15) is 0 Å². The minimum Gasteiger partial charge on any atom is -0.390 e. The Morgan fingerprint density at radius 2 is 1.50 bits per heavy atom. The molecule has 0 bridgehead atoms. The summed E-state index contributed by atoms with van der Waals surface area (Å²) in [4.78, 5) is 19.9. The van der Waals surface area contributed by atoms with E-state index >= 15 is 0 Å². The van der Waals surface area contributed by atoms with Crippen molar-refractivity contribution in [3.05, 3.63) is 78.8 Å². The van der Waals surface area contributed by atoms with E-state index in [2.05, 4.69) is 51.4 Å². The van der Waals surface area contributed by atoms with Gasteiger partial charge in [0.25, 0.3) is 0 Å². The lowest BCUT2D eigenvalue weighted by Crippen LogP contribution is -2.58. The van der Waals surface area contributed by atoms with Crippen LogP contribution < -0.4 is 11.5 Å². The van der Waals surface area contributed by atoms with E-state index < -0.39 is 11.1 Å². The Labute approximate surface area is 216 Å². The van der Waals surface area contributed by atoms with Crippen LogP contribution in [0.1, 0.15) is 25.3 Å². The summed E-state index contributed by atoms with van der Waals surface area (Å²) in [5.74, 6) is 0.238. The van der Waals surface area contributed by atoms with Gasteiger partial charge in [-0.3, -0.25) is 0 Å². The van der Waals surface area contributed by atoms with E-state index in [1.54, 1.807) is 35.1 Å². The van der Waals surface area contributed by atoms with E-state index in [0.717, 1.165) is 47.7 Å². The molecule has 0 atom stereocenters. The second kappa shape index (κ2) is 8.56. The summed E-state index contributed by atoms with van der Waals surface area (Å²) >= 11 is 3.20. The molecule has 180 valence electrons. The number of rotatable bonds is 5. The predicted molar refractivity (Wildman–Crippen MR) is 145 cm³/mol. The van der Waals surface area contributed by atoms with Crippen molar-refractivity contribution < 1.29 is 5.11 Å². The van der Waals surface area contributed by atoms with Crippen molar-refractivity contribution in [1.82, 2.24) is 19.9 Å². The van der Waals surface area contributed by atoms with E-state index in [9.17, 15) is 5.11 Å². The first-order valence-corrected chi connectivity index (χ1v) is 13.2. The molecule has 6 rings (SSSR count). The molecule has 7 nitrogen and oxygen atoms in total. The average Bonchev–Trinajstić information content (AvgIpc) is 3.52. The minimum absolute atomic E-state index is 0.238. The van der Waals surface area contributed by atoms with Crippen LogP contribution in [-0.4, -0.2) is 30.6 Å². The first-order chi connectivity index (χ1) is 17.3. The number of nitrogen functional groups attached to an aromatic ring is 1. The van der Waals surface area contributed by atoms with Crippen molar-refractivity contribution in [3.8, 4) is 42.2 Å². The number of anilines is 1. The molecule has 0 spiro atoms. The van der Waals surface area contributed by atoms with Crippen LogP contribution in [0.5, 0.6) is 0 Å². The number of thiazole rings is 2. The lowest BCUT2D eigenvalue weighted by molar-refractivity contribution is -0.0738. The van der Waals surface area contributed by atoms with Crippen LogP contribution in [0.15, 0.2) is 73.2 Å². The fraction of sp³-hybridized carbons (Fsp3) is 0.185. The monoisotopic (exact) mass is 512 g/mol. The normalized spacial score (nSPS) is 21.3. The van der Waals surface area contributed by atoms with E-state index in [1.165, 1.54) is 0 Å². The highest BCUT2D eigenvalue weighted by Gasteiger charge is 2.49. The third-order valence-corrected chi connectivity index (χ3v) is 8.74. The standard InChI is InChI=1S/C27H24N6OS2/c1-26(34)14-27(29,15-26)19-9-7-16(8-10-19)21-22(17-5-3-2-4-6-17)36-24(33-21)20-13-30-23(35-20)18-11-31-25(28)32-12-18/h2-13,34H,14-15,29H2,1H3,(H2,28,31,32)/t26-,27+. The fourth-order valence-electron chi connectivity index (χ4n) is 4.83. The van der Waals surface area contributed by atoms with Gasteiger partial charge in [0.2, 0.25) is 5.95 Å². The Morgan fingerprint density at radius 1 is 0.806 bits per heavy atom. The molecule has 0 radical (unpaired) electrons. The van der Waals surface area contributed by atoms with Gasteiger partial charge in [-0.05, 0) is 30.9 Å². The number of aromatic nitrogens is 4. The first kappa shape index (κ1) is 22.9. The smallest absolute Gasteiger partial charge is 0.219 e. The van der Waals surface area contributed by atoms with Gasteiger partial charge in [-0.15, -0.1) is 22.7 Å². The Hall–Kier alpha value is -3.50. The largest absolute Gasteiger partial charge is 0.390 e. The average molecular weight is 513 g/mol. The molecule has 0 aliphatic heterocycles. The van der Waals surface area contributed by atoms with Crippen LogP contribution in [0.3, 0.4) is 0 Å². The van der Waals surface area contributed by atoms with E-state index in [0.29, 0.717) is 12.8 Å². The van der Waals surface area contributed by atoms with Gasteiger partial charge < -0.3 is 16.6 Å². The Kier molecular flexibility index (Phi) is 5.45. The fourth-order valence-corrected chi connectivity index (χ4v) is 6.86. The molecule has 0 amide bonds. The summed E-state index contributed by atoms with van der Waals surface area (Å²) in [5.41, 5.74) is 15.9. The van der Waals surface area contributed by atoms with Gasteiger partial charge in [0.05, 0.1) is 21.0 Å². The molecule has 1 aliphatic rings. The van der Waals surface area contributed by atoms with Crippen molar-refractivity contribution in [2.24, 2.45) is 5.73 Å². The van der Waals surface area contributed by atoms with Crippen molar-refractivity contribution in [2.45, 2.75) is 30.9 Å². The summed E-state index contributed by atoms with van der Waals surface area (Å²) in [7, 11) is 0. The van der Waals surface area contributed by atoms with Crippen molar-refractivity contribution >= 4 is 28.6 Å². The topological polar surface area (TPSA) is 124 Å². The summed E-state index contributed by atoms with van der Waals surface area (Å²) < 4.78 is 0. The molecule has 1 aliphatic carbocycles. The molecule has 5 N–H and O–H groups in total. The second-order valence-electron chi connectivity index (χ2n) is 9.51. The Balaban J connectivity index is 1.38. The van der Waals surface area contributed by atoms with Crippen LogP contribution in [0.25, 0.3) is 42.2 Å². The van der Waals surface area contributed by atoms with Gasteiger partial charge in [0.15, 0.2) is 0 Å². The maximum absolute atomic E-state index is 10.2. The highest BCUT2D eigenvalue weighted by Crippen LogP contribution is 2.47. The highest BCUT2D eigenvalue weighted by atomic mass is 32.1. The molecule has 0 saturated heterocycles. The zero-order chi connectivity index (χ0) is 24.9. The number of hydrogen-bond acceptors (Lipinski definition) is 9. The number of hydrogen-bond donors (Lipinski definition) is 3. The van der Waals surface area contributed by atoms with E-state index in [-0.39, 0.29) is 5.95 Å². The lowest BCUT2D eigenvalue weighted by Gasteiger charge is -2.49. The van der Waals surface area contributed by atoms with Crippen molar-refractivity contribution in [2.75, 3.05) is 5.73 Å². The van der Waals surface area contributed by atoms with Crippen LogP contribution in [0.4, 0.5) is 5.95 Å². The Bertz CT molecular complexity index is 1520. The van der Waals surface area contributed by atoms with Crippen LogP contribution in [-0.2, 0) is 5.54 Å². The number of benzene rings is 2. The maximum atomic E-state index is 10.2. The minimum atomic E-state index is -0.691. The molecule has 3 heterocycles. The predicted octanol–water partition coefficient (Wildman–Crippen LogP) is 5.34. The molecule has 9 heteroatoms. The lowest BCUT2D eigenvalue weighted by atomic mass is 9.63. The van der Waals surface area contributed by atoms with Crippen LogP contribution >= 0.6 is 22.7 Å². The quantitative estimate of drug-likeness (QED) is 0.290. The van der Waals surface area contributed by atoms with Crippen molar-refractivity contribution in [3.63, 3.8) is 0 Å². The molecule has 2 aromatic carbocycles. The number of nitrogens with zero attached hydrogens (tertiary/aromatic N) is 4. The molecular weight excluding hydrogens is 488 g/mol. The summed E-state index contributed by atoms with van der Waals surface area (Å²) in [6.45, 7) is 1.83. The van der Waals surface area contributed by atoms with Gasteiger partial charge >= 0.3 is 0 Å². The summed E-state index contributed by atoms with van der Waals surface area (Å²) in [5, 5.41) is 11.9. The zero-order valence-corrected chi connectivity index (χ0v) is 21.2. The molecular formula is C27H24N6OS2. The number of aliphatic hydroxyl groups is 1. The van der Waals surface area contributed by atoms with Crippen LogP contribution in [0, 0.1) is 0 Å². The molecule has 0 unspecified atom stereocenters. The molecule has 1 saturated carbocycles. The van der Waals surface area contributed by atoms with Crippen LogP contribution in [0.2, 0.25) is 0 Å². The summed E-state index contributed by atoms with van der Waals surface area (Å²) in [6, 6.07) is 18.6. The van der Waals surface area contributed by atoms with Gasteiger partial charge in [0.1, 0.15) is 10.0 Å².